The van der Waals surface area contributed by atoms with Crippen molar-refractivity contribution < 1.29 is 0 Å². The van der Waals surface area contributed by atoms with Crippen molar-refractivity contribution in [3.05, 3.63) is 0 Å². The Morgan fingerprint density at radius 3 is 0.622 bits per heavy atom. The van der Waals surface area contributed by atoms with E-state index in [1.807, 2.05) is 0 Å². The van der Waals surface area contributed by atoms with Gasteiger partial charge in [0.2, 0.25) is 0 Å². The molecule has 0 aromatic carbocycles. The summed E-state index contributed by atoms with van der Waals surface area (Å²) < 4.78 is 46.3. The van der Waals surface area contributed by atoms with E-state index in [4.69, 9.17) is 13.5 Å². The predicted octanol–water partition coefficient (Wildman–Crippen LogP) is 4.42. The fourth-order valence-electron chi connectivity index (χ4n) is 5.99. The van der Waals surface area contributed by atoms with Gasteiger partial charge in [-0.15, -0.1) is 0 Å². The van der Waals surface area contributed by atoms with Crippen molar-refractivity contribution in [1.29, 1.82) is 0 Å². The normalized spacial score (nSPS) is 15.2. The molecule has 0 heterocycles. The van der Waals surface area contributed by atoms with Crippen LogP contribution in [0.1, 0.15) is 0 Å². The molecule has 0 amide bonds. The van der Waals surface area contributed by atoms with E-state index in [-0.39, 0.29) is 0 Å². The predicted molar refractivity (Wildman–Crippen MR) is 209 cm³/mol. The quantitative estimate of drug-likeness (QED) is 0.156. The molecule has 16 nitrogen and oxygen atoms in total. The van der Waals surface area contributed by atoms with Crippen LogP contribution in [0.2, 0.25) is 0 Å². The molecule has 0 bridgehead atoms. The topological polar surface area (TPSA) is 79.2 Å². The second-order valence-electron chi connectivity index (χ2n) is 13.2. The van der Waals surface area contributed by atoms with Crippen LogP contribution < -0.4 is 0 Å². The molecule has 0 fully saturated rings. The van der Waals surface area contributed by atoms with E-state index in [2.05, 4.69) is 230 Å². The van der Waals surface area contributed by atoms with Gasteiger partial charge in [0.1, 0.15) is 0 Å². The molecule has 0 saturated carbocycles. The molecule has 0 saturated heterocycles. The first kappa shape index (κ1) is 46.0. The molecule has 0 radical (unpaired) electrons. The third kappa shape index (κ3) is 9.23. The molecule has 0 N–H and O–H groups in total. The Balaban J connectivity index is 10.1. The summed E-state index contributed by atoms with van der Waals surface area (Å²) in [7, 11) is 38.7. The summed E-state index contributed by atoms with van der Waals surface area (Å²) in [6.45, 7) is 0. The monoisotopic (exact) mass is 740 g/mol. The van der Waals surface area contributed by atoms with E-state index in [0.717, 1.165) is 0 Å². The van der Waals surface area contributed by atoms with E-state index >= 15 is 0 Å². The first-order valence-corrected chi connectivity index (χ1v) is 22.6. The van der Waals surface area contributed by atoms with Crippen molar-refractivity contribution in [2.75, 3.05) is 169 Å². The maximum atomic E-state index is 6.25. The Bertz CT molecular complexity index is 884. The van der Waals surface area contributed by atoms with Crippen LogP contribution in [0.5, 0.6) is 0 Å². The second kappa shape index (κ2) is 17.8. The average Bonchev–Trinajstić information content (AvgIpc) is 2.84. The number of hydrazine groups is 1. The third-order valence-corrected chi connectivity index (χ3v) is 27.7. The SMILES string of the molecule is CN(C)N(P(N(C)C)N(C)C)[PH](N=P(N(C)C)(N(C)C)N(C)C)(N=P(N(C)C)(N(C)C)N(C)C)N=P(N(C)C)(N(C)C)N(C)C. The molecule has 0 unspecified atom stereocenters. The number of hydrogen-bond acceptors (Lipinski definition) is 7. The standard InChI is InChI=1S/C24H73N16P5/c1-28(2)40(41(29(3)4)30(5)6)42(25-43(31(7)8,32(9)10)33(11)12,26-44(34(13)14,35(15)16)36(17)18)27-45(37(19)20,38(21)22)39(23)24/h42H,1-24H3. The molecule has 0 aromatic rings. The van der Waals surface area contributed by atoms with Crippen LogP contribution in [0.3, 0.4) is 0 Å². The zero-order valence-corrected chi connectivity index (χ0v) is 38.0. The second-order valence-corrected chi connectivity index (χ2v) is 30.6. The molecule has 45 heavy (non-hydrogen) atoms. The molecule has 0 aliphatic carbocycles. The van der Waals surface area contributed by atoms with Gasteiger partial charge in [-0.05, 0) is 0 Å². The summed E-state index contributed by atoms with van der Waals surface area (Å²) in [6, 6.07) is 0. The minimum atomic E-state index is -3.80. The summed E-state index contributed by atoms with van der Waals surface area (Å²) in [6.07, 6.45) is 0. The van der Waals surface area contributed by atoms with Gasteiger partial charge >= 0.3 is 282 Å². The third-order valence-electron chi connectivity index (χ3n) is 7.17. The molecule has 21 heteroatoms. The van der Waals surface area contributed by atoms with Crippen molar-refractivity contribution in [2.24, 2.45) is 13.5 Å². The molecule has 0 aliphatic rings. The van der Waals surface area contributed by atoms with Crippen molar-refractivity contribution >= 4 is 38.8 Å². The Morgan fingerprint density at radius 1 is 0.333 bits per heavy atom. The van der Waals surface area contributed by atoms with Gasteiger partial charge in [-0.3, -0.25) is 0 Å². The van der Waals surface area contributed by atoms with Gasteiger partial charge < -0.3 is 0 Å². The zero-order chi connectivity index (χ0) is 36.2. The van der Waals surface area contributed by atoms with E-state index in [1.165, 1.54) is 0 Å². The van der Waals surface area contributed by atoms with Crippen molar-refractivity contribution in [2.45, 2.75) is 0 Å². The van der Waals surface area contributed by atoms with Crippen molar-refractivity contribution in [3.63, 3.8) is 0 Å². The van der Waals surface area contributed by atoms with E-state index in [9.17, 15) is 0 Å². The van der Waals surface area contributed by atoms with Gasteiger partial charge in [0.25, 0.3) is 0 Å². The van der Waals surface area contributed by atoms with Crippen LogP contribution in [0, 0.1) is 0 Å². The summed E-state index contributed by atoms with van der Waals surface area (Å²) in [5.41, 5.74) is 0. The molecule has 274 valence electrons. The van der Waals surface area contributed by atoms with Crippen LogP contribution >= 0.6 is 38.8 Å². The van der Waals surface area contributed by atoms with Crippen LogP contribution in [0.4, 0.5) is 0 Å². The van der Waals surface area contributed by atoms with E-state index < -0.39 is 38.8 Å². The van der Waals surface area contributed by atoms with Gasteiger partial charge in [0.15, 0.2) is 0 Å². The van der Waals surface area contributed by atoms with E-state index in [1.54, 1.807) is 0 Å². The summed E-state index contributed by atoms with van der Waals surface area (Å²) in [5.74, 6) is 0. The number of nitrogens with zero attached hydrogens (tertiary/aromatic N) is 16. The summed E-state index contributed by atoms with van der Waals surface area (Å²) in [5, 5.41) is 2.20. The molecular weight excluding hydrogens is 667 g/mol. The first-order valence-electron chi connectivity index (χ1n) is 14.8. The Labute approximate surface area is 281 Å². The molecule has 0 rings (SSSR count). The summed E-state index contributed by atoms with van der Waals surface area (Å²) >= 11 is 0. The van der Waals surface area contributed by atoms with Crippen LogP contribution in [-0.4, -0.2) is 230 Å². The van der Waals surface area contributed by atoms with Crippen molar-refractivity contribution in [1.82, 2.24) is 60.9 Å². The van der Waals surface area contributed by atoms with Gasteiger partial charge in [-0.2, -0.15) is 0 Å². The summed E-state index contributed by atoms with van der Waals surface area (Å²) in [4.78, 5) is 0. The zero-order valence-electron chi connectivity index (χ0n) is 33.4. The molecule has 0 spiro atoms. The van der Waals surface area contributed by atoms with Crippen LogP contribution in [0.25, 0.3) is 0 Å². The van der Waals surface area contributed by atoms with Gasteiger partial charge in [0.05, 0.1) is 0 Å². The Morgan fingerprint density at radius 2 is 0.511 bits per heavy atom. The van der Waals surface area contributed by atoms with Crippen molar-refractivity contribution in [3.8, 4) is 0 Å². The van der Waals surface area contributed by atoms with Gasteiger partial charge in [-0.25, -0.2) is 0 Å². The van der Waals surface area contributed by atoms with E-state index in [0.29, 0.717) is 0 Å². The minimum absolute atomic E-state index is 1.11. The maximum absolute atomic E-state index is 6.25. The molecule has 0 aliphatic heterocycles. The van der Waals surface area contributed by atoms with Crippen LogP contribution in [0.15, 0.2) is 13.5 Å². The average molecular weight is 741 g/mol. The fourth-order valence-corrected chi connectivity index (χ4v) is 31.1. The molecule has 0 aromatic heterocycles. The molecular formula is C24H73N16P5. The number of hydrogen-bond donors (Lipinski definition) is 0. The molecule has 0 atom stereocenters. The van der Waals surface area contributed by atoms with Gasteiger partial charge in [0, 0.05) is 0 Å². The Hall–Kier alpha value is 1.03. The van der Waals surface area contributed by atoms with Crippen LogP contribution in [-0.2, 0) is 0 Å². The first-order chi connectivity index (χ1) is 20.2. The fraction of sp³-hybridized carbons (Fsp3) is 1.00. The number of rotatable bonds is 17. The Kier molecular flexibility index (Phi) is 18.2. The van der Waals surface area contributed by atoms with Gasteiger partial charge in [-0.1, -0.05) is 0 Å².